The highest BCUT2D eigenvalue weighted by molar-refractivity contribution is 7.10. The van der Waals surface area contributed by atoms with Crippen LogP contribution in [0.15, 0.2) is 48.2 Å². The highest BCUT2D eigenvalue weighted by Gasteiger charge is 2.08. The second-order valence-electron chi connectivity index (χ2n) is 3.88. The SMILES string of the molecule is O=C(Cc1cccs1)Nc1cccn2ccnc12. The standard InChI is InChI=1S/C13H11N3OS/c17-12(9-10-3-2-8-18-10)15-11-4-1-6-16-7-5-14-13(11)16/h1-8H,9H2,(H,15,17). The van der Waals surface area contributed by atoms with Crippen molar-refractivity contribution in [3.63, 3.8) is 0 Å². The Bertz CT molecular complexity index is 672. The normalized spacial score (nSPS) is 10.7. The summed E-state index contributed by atoms with van der Waals surface area (Å²) in [6.07, 6.45) is 5.87. The number of pyridine rings is 1. The Labute approximate surface area is 108 Å². The molecule has 1 N–H and O–H groups in total. The third kappa shape index (κ3) is 2.12. The number of hydrogen-bond acceptors (Lipinski definition) is 3. The van der Waals surface area contributed by atoms with E-state index in [1.54, 1.807) is 17.5 Å². The van der Waals surface area contributed by atoms with E-state index >= 15 is 0 Å². The van der Waals surface area contributed by atoms with Crippen LogP contribution in [-0.2, 0) is 11.2 Å². The summed E-state index contributed by atoms with van der Waals surface area (Å²) in [7, 11) is 0. The van der Waals surface area contributed by atoms with E-state index in [2.05, 4.69) is 10.3 Å². The number of nitrogens with zero attached hydrogens (tertiary/aromatic N) is 2. The second-order valence-corrected chi connectivity index (χ2v) is 4.92. The first-order chi connectivity index (χ1) is 8.83. The fourth-order valence-corrected chi connectivity index (χ4v) is 2.52. The van der Waals surface area contributed by atoms with Crippen LogP contribution in [0.2, 0.25) is 0 Å². The van der Waals surface area contributed by atoms with E-state index in [0.717, 1.165) is 16.2 Å². The molecule has 0 aromatic carbocycles. The van der Waals surface area contributed by atoms with E-state index in [4.69, 9.17) is 0 Å². The van der Waals surface area contributed by atoms with Crippen LogP contribution in [0.4, 0.5) is 5.69 Å². The number of fused-ring (bicyclic) bond motifs is 1. The van der Waals surface area contributed by atoms with Gasteiger partial charge in [0.1, 0.15) is 0 Å². The lowest BCUT2D eigenvalue weighted by Crippen LogP contribution is -2.14. The van der Waals surface area contributed by atoms with Gasteiger partial charge in [-0.1, -0.05) is 6.07 Å². The van der Waals surface area contributed by atoms with Gasteiger partial charge in [-0.25, -0.2) is 4.98 Å². The maximum Gasteiger partial charge on any atom is 0.229 e. The maximum absolute atomic E-state index is 11.9. The molecule has 0 saturated heterocycles. The molecule has 3 rings (SSSR count). The first-order valence-corrected chi connectivity index (χ1v) is 6.45. The van der Waals surface area contributed by atoms with Gasteiger partial charge in [-0.15, -0.1) is 11.3 Å². The zero-order chi connectivity index (χ0) is 12.4. The number of hydrogen-bond donors (Lipinski definition) is 1. The van der Waals surface area contributed by atoms with Crippen molar-refractivity contribution in [3.8, 4) is 0 Å². The number of amides is 1. The number of imidazole rings is 1. The van der Waals surface area contributed by atoms with Gasteiger partial charge in [0.25, 0.3) is 0 Å². The zero-order valence-corrected chi connectivity index (χ0v) is 10.4. The predicted molar refractivity (Wildman–Crippen MR) is 71.8 cm³/mol. The molecule has 4 nitrogen and oxygen atoms in total. The van der Waals surface area contributed by atoms with E-state index in [1.165, 1.54) is 0 Å². The van der Waals surface area contributed by atoms with Crippen LogP contribution in [0.1, 0.15) is 4.88 Å². The maximum atomic E-state index is 11.9. The van der Waals surface area contributed by atoms with E-state index < -0.39 is 0 Å². The van der Waals surface area contributed by atoms with Gasteiger partial charge in [0, 0.05) is 23.5 Å². The van der Waals surface area contributed by atoms with Crippen LogP contribution in [0.3, 0.4) is 0 Å². The molecule has 0 unspecified atom stereocenters. The van der Waals surface area contributed by atoms with E-state index in [0.29, 0.717) is 6.42 Å². The van der Waals surface area contributed by atoms with E-state index in [9.17, 15) is 4.79 Å². The fraction of sp³-hybridized carbons (Fsp3) is 0.0769. The Kier molecular flexibility index (Phi) is 2.82. The predicted octanol–water partition coefficient (Wildman–Crippen LogP) is 2.58. The molecule has 0 aliphatic heterocycles. The molecule has 18 heavy (non-hydrogen) atoms. The van der Waals surface area contributed by atoms with Crippen LogP contribution in [0.25, 0.3) is 5.65 Å². The van der Waals surface area contributed by atoms with Crippen molar-refractivity contribution in [2.75, 3.05) is 5.32 Å². The Morgan fingerprint density at radius 3 is 3.11 bits per heavy atom. The number of carbonyl (C=O) groups excluding carboxylic acids is 1. The van der Waals surface area contributed by atoms with Crippen molar-refractivity contribution < 1.29 is 4.79 Å². The molecule has 0 saturated carbocycles. The lowest BCUT2D eigenvalue weighted by molar-refractivity contribution is -0.115. The quantitative estimate of drug-likeness (QED) is 0.784. The molecule has 3 aromatic heterocycles. The van der Waals surface area contributed by atoms with Crippen LogP contribution in [0, 0.1) is 0 Å². The van der Waals surface area contributed by atoms with E-state index in [-0.39, 0.29) is 5.91 Å². The van der Waals surface area contributed by atoms with Gasteiger partial charge in [-0.3, -0.25) is 4.79 Å². The summed E-state index contributed by atoms with van der Waals surface area (Å²) in [5.74, 6) is -0.0199. The lowest BCUT2D eigenvalue weighted by Gasteiger charge is -2.05. The van der Waals surface area contributed by atoms with Gasteiger partial charge in [-0.2, -0.15) is 0 Å². The summed E-state index contributed by atoms with van der Waals surface area (Å²) in [4.78, 5) is 17.2. The minimum atomic E-state index is -0.0199. The molecule has 0 fully saturated rings. The molecular formula is C13H11N3OS. The minimum Gasteiger partial charge on any atom is -0.323 e. The number of aromatic nitrogens is 2. The highest BCUT2D eigenvalue weighted by Crippen LogP contribution is 2.16. The molecule has 90 valence electrons. The topological polar surface area (TPSA) is 46.4 Å². The van der Waals surface area contributed by atoms with Gasteiger partial charge < -0.3 is 9.72 Å². The average molecular weight is 257 g/mol. The average Bonchev–Trinajstić information content (AvgIpc) is 2.99. The first-order valence-electron chi connectivity index (χ1n) is 5.57. The molecule has 5 heteroatoms. The highest BCUT2D eigenvalue weighted by atomic mass is 32.1. The number of thiophene rings is 1. The van der Waals surface area contributed by atoms with Crippen molar-refractivity contribution in [2.45, 2.75) is 6.42 Å². The van der Waals surface area contributed by atoms with Gasteiger partial charge in [0.2, 0.25) is 5.91 Å². The Balaban J connectivity index is 1.80. The monoisotopic (exact) mass is 257 g/mol. The van der Waals surface area contributed by atoms with E-state index in [1.807, 2.05) is 46.4 Å². The van der Waals surface area contributed by atoms with Gasteiger partial charge >= 0.3 is 0 Å². The fourth-order valence-electron chi connectivity index (χ4n) is 1.81. The summed E-state index contributed by atoms with van der Waals surface area (Å²) in [6.45, 7) is 0. The molecule has 0 spiro atoms. The number of anilines is 1. The van der Waals surface area contributed by atoms with Crippen LogP contribution in [-0.4, -0.2) is 15.3 Å². The Hall–Kier alpha value is -2.14. The number of carbonyl (C=O) groups is 1. The summed E-state index contributed by atoms with van der Waals surface area (Å²) >= 11 is 1.59. The van der Waals surface area contributed by atoms with Crippen molar-refractivity contribution in [1.29, 1.82) is 0 Å². The molecule has 0 atom stereocenters. The summed E-state index contributed by atoms with van der Waals surface area (Å²) in [6, 6.07) is 7.65. The summed E-state index contributed by atoms with van der Waals surface area (Å²) < 4.78 is 1.88. The first kappa shape index (κ1) is 11.0. The molecule has 0 aliphatic carbocycles. The van der Waals surface area contributed by atoms with Gasteiger partial charge in [-0.05, 0) is 23.6 Å². The molecular weight excluding hydrogens is 246 g/mol. The molecule has 0 bridgehead atoms. The third-order valence-corrected chi connectivity index (χ3v) is 3.48. The molecule has 3 aromatic rings. The largest absolute Gasteiger partial charge is 0.323 e. The Morgan fingerprint density at radius 2 is 2.28 bits per heavy atom. The second kappa shape index (κ2) is 4.62. The van der Waals surface area contributed by atoms with Gasteiger partial charge in [0.15, 0.2) is 5.65 Å². The van der Waals surface area contributed by atoms with Crippen molar-refractivity contribution in [1.82, 2.24) is 9.38 Å². The smallest absolute Gasteiger partial charge is 0.229 e. The summed E-state index contributed by atoms with van der Waals surface area (Å²) in [5, 5.41) is 4.86. The van der Waals surface area contributed by atoms with Crippen molar-refractivity contribution in [3.05, 3.63) is 53.1 Å². The molecule has 0 aliphatic rings. The van der Waals surface area contributed by atoms with Crippen molar-refractivity contribution in [2.24, 2.45) is 0 Å². The zero-order valence-electron chi connectivity index (χ0n) is 9.54. The van der Waals surface area contributed by atoms with Crippen molar-refractivity contribution >= 4 is 28.6 Å². The third-order valence-electron chi connectivity index (χ3n) is 2.61. The van der Waals surface area contributed by atoms with Crippen LogP contribution < -0.4 is 5.32 Å². The minimum absolute atomic E-state index is 0.0199. The Morgan fingerprint density at radius 1 is 1.33 bits per heavy atom. The lowest BCUT2D eigenvalue weighted by atomic mass is 10.3. The van der Waals surface area contributed by atoms with Crippen LogP contribution in [0.5, 0.6) is 0 Å². The number of nitrogens with one attached hydrogen (secondary N) is 1. The number of rotatable bonds is 3. The molecule has 3 heterocycles. The molecule has 0 radical (unpaired) electrons. The molecule has 1 amide bonds. The van der Waals surface area contributed by atoms with Crippen LogP contribution >= 0.6 is 11.3 Å². The summed E-state index contributed by atoms with van der Waals surface area (Å²) in [5.41, 5.74) is 1.50. The van der Waals surface area contributed by atoms with Gasteiger partial charge in [0.05, 0.1) is 12.1 Å².